The Morgan fingerprint density at radius 3 is 3.21 bits per heavy atom. The summed E-state index contributed by atoms with van der Waals surface area (Å²) < 4.78 is 1.84. The summed E-state index contributed by atoms with van der Waals surface area (Å²) >= 11 is 0. The third-order valence-electron chi connectivity index (χ3n) is 2.14. The molecule has 4 nitrogen and oxygen atoms in total. The Kier molecular flexibility index (Phi) is 2.23. The lowest BCUT2D eigenvalue weighted by Crippen LogP contribution is -2.22. The van der Waals surface area contributed by atoms with Crippen molar-refractivity contribution in [2.45, 2.75) is 18.9 Å². The van der Waals surface area contributed by atoms with Gasteiger partial charge in [0.05, 0.1) is 24.3 Å². The lowest BCUT2D eigenvalue weighted by Gasteiger charge is -1.96. The molecule has 0 bridgehead atoms. The molecule has 0 unspecified atom stereocenters. The largest absolute Gasteiger partial charge is 0.341 e. The van der Waals surface area contributed by atoms with E-state index in [9.17, 15) is 4.79 Å². The first-order valence-electron chi connectivity index (χ1n) is 4.57. The molecule has 0 spiro atoms. The van der Waals surface area contributed by atoms with Gasteiger partial charge >= 0.3 is 0 Å². The maximum absolute atomic E-state index is 11.4. The molecule has 0 atom stereocenters. The van der Waals surface area contributed by atoms with Crippen molar-refractivity contribution in [2.24, 2.45) is 0 Å². The van der Waals surface area contributed by atoms with Gasteiger partial charge in [-0.2, -0.15) is 5.10 Å². The van der Waals surface area contributed by atoms with Crippen molar-refractivity contribution in [3.63, 3.8) is 0 Å². The van der Waals surface area contributed by atoms with Gasteiger partial charge in [-0.25, -0.2) is 0 Å². The summed E-state index contributed by atoms with van der Waals surface area (Å²) in [6.07, 6.45) is 10.7. The smallest absolute Gasteiger partial charge is 0.255 e. The molecular weight excluding hydrogens is 178 g/mol. The van der Waals surface area contributed by atoms with Crippen LogP contribution in [-0.4, -0.2) is 22.2 Å². The van der Waals surface area contributed by atoms with E-state index < -0.39 is 0 Å². The van der Waals surface area contributed by atoms with Crippen molar-refractivity contribution in [2.75, 3.05) is 6.54 Å². The molecule has 1 aromatic heterocycles. The predicted molar refractivity (Wildman–Crippen MR) is 51.7 cm³/mol. The Balaban J connectivity index is 2.01. The summed E-state index contributed by atoms with van der Waals surface area (Å²) in [4.78, 5) is 11.4. The highest BCUT2D eigenvalue weighted by Crippen LogP contribution is 2.33. The number of amides is 1. The van der Waals surface area contributed by atoms with Gasteiger partial charge in [0.25, 0.3) is 5.91 Å². The summed E-state index contributed by atoms with van der Waals surface area (Å²) in [7, 11) is 0. The Morgan fingerprint density at radius 2 is 2.57 bits per heavy atom. The molecule has 1 aliphatic carbocycles. The van der Waals surface area contributed by atoms with Crippen LogP contribution in [-0.2, 0) is 0 Å². The molecule has 1 N–H and O–H groups in total. The Labute approximate surface area is 82.3 Å². The first-order chi connectivity index (χ1) is 6.81. The van der Waals surface area contributed by atoms with Crippen LogP contribution in [0.4, 0.5) is 0 Å². The first-order valence-corrected chi connectivity index (χ1v) is 4.57. The first kappa shape index (κ1) is 8.82. The van der Waals surface area contributed by atoms with Gasteiger partial charge in [-0.05, 0) is 12.8 Å². The van der Waals surface area contributed by atoms with E-state index in [1.807, 2.05) is 4.68 Å². The number of hydrogen-bond donors (Lipinski definition) is 1. The number of carbonyl (C=O) groups excluding carboxylic acids is 1. The topological polar surface area (TPSA) is 46.9 Å². The number of nitrogens with zero attached hydrogens (tertiary/aromatic N) is 2. The van der Waals surface area contributed by atoms with Crippen molar-refractivity contribution in [3.8, 4) is 12.3 Å². The minimum absolute atomic E-state index is 0.158. The molecule has 72 valence electrons. The standard InChI is InChI=1S/C10H11N3O/c1-2-5-11-10(14)8-6-12-13(7-8)9-3-4-9/h1,6-7,9H,3-5H2,(H,11,14). The molecule has 4 heteroatoms. The highest BCUT2D eigenvalue weighted by atomic mass is 16.1. The van der Waals surface area contributed by atoms with E-state index >= 15 is 0 Å². The monoisotopic (exact) mass is 189 g/mol. The summed E-state index contributed by atoms with van der Waals surface area (Å²) in [5.41, 5.74) is 0.576. The third kappa shape index (κ3) is 1.77. The van der Waals surface area contributed by atoms with Gasteiger partial charge in [0.1, 0.15) is 0 Å². The molecular formula is C10H11N3O. The second-order valence-corrected chi connectivity index (χ2v) is 3.33. The number of terminal acetylenes is 1. The van der Waals surface area contributed by atoms with Crippen LogP contribution in [0.25, 0.3) is 0 Å². The lowest BCUT2D eigenvalue weighted by atomic mass is 10.3. The van der Waals surface area contributed by atoms with Crippen LogP contribution < -0.4 is 5.32 Å². The zero-order valence-corrected chi connectivity index (χ0v) is 7.73. The van der Waals surface area contributed by atoms with Crippen LogP contribution in [0.15, 0.2) is 12.4 Å². The minimum atomic E-state index is -0.158. The average molecular weight is 189 g/mol. The molecule has 1 fully saturated rings. The normalized spacial score (nSPS) is 14.8. The van der Waals surface area contributed by atoms with Crippen LogP contribution in [0, 0.1) is 12.3 Å². The van der Waals surface area contributed by atoms with Crippen molar-refractivity contribution in [1.82, 2.24) is 15.1 Å². The number of nitrogens with one attached hydrogen (secondary N) is 1. The van der Waals surface area contributed by atoms with E-state index in [4.69, 9.17) is 6.42 Å². The van der Waals surface area contributed by atoms with Crippen LogP contribution in [0.3, 0.4) is 0 Å². The molecule has 1 aromatic rings. The molecule has 0 saturated heterocycles. The van der Waals surface area contributed by atoms with Crippen LogP contribution in [0.1, 0.15) is 29.2 Å². The van der Waals surface area contributed by atoms with Crippen molar-refractivity contribution < 1.29 is 4.79 Å². The highest BCUT2D eigenvalue weighted by molar-refractivity contribution is 5.93. The highest BCUT2D eigenvalue weighted by Gasteiger charge is 2.24. The van der Waals surface area contributed by atoms with E-state index in [-0.39, 0.29) is 12.5 Å². The van der Waals surface area contributed by atoms with Crippen LogP contribution in [0.5, 0.6) is 0 Å². The Hall–Kier alpha value is -1.76. The maximum Gasteiger partial charge on any atom is 0.255 e. The minimum Gasteiger partial charge on any atom is -0.341 e. The van der Waals surface area contributed by atoms with Gasteiger partial charge in [-0.1, -0.05) is 5.92 Å². The van der Waals surface area contributed by atoms with Gasteiger partial charge in [-0.15, -0.1) is 6.42 Å². The number of hydrogen-bond acceptors (Lipinski definition) is 2. The quantitative estimate of drug-likeness (QED) is 0.707. The molecule has 14 heavy (non-hydrogen) atoms. The van der Waals surface area contributed by atoms with Crippen molar-refractivity contribution in [1.29, 1.82) is 0 Å². The van der Waals surface area contributed by atoms with E-state index in [0.717, 1.165) is 12.8 Å². The second-order valence-electron chi connectivity index (χ2n) is 3.33. The van der Waals surface area contributed by atoms with Gasteiger partial charge in [-0.3, -0.25) is 9.48 Å². The summed E-state index contributed by atoms with van der Waals surface area (Å²) in [5.74, 6) is 2.19. The molecule has 1 aliphatic rings. The third-order valence-corrected chi connectivity index (χ3v) is 2.14. The molecule has 2 rings (SSSR count). The fraction of sp³-hybridized carbons (Fsp3) is 0.400. The van der Waals surface area contributed by atoms with Gasteiger partial charge in [0.15, 0.2) is 0 Å². The van der Waals surface area contributed by atoms with Gasteiger partial charge in [0.2, 0.25) is 0 Å². The van der Waals surface area contributed by atoms with Gasteiger partial charge in [0, 0.05) is 6.20 Å². The number of rotatable bonds is 3. The summed E-state index contributed by atoms with van der Waals surface area (Å²) in [6.45, 7) is 0.257. The second kappa shape index (κ2) is 3.54. The zero-order chi connectivity index (χ0) is 9.97. The molecule has 0 aromatic carbocycles. The lowest BCUT2D eigenvalue weighted by molar-refractivity contribution is 0.0958. The Bertz CT molecular complexity index is 384. The number of carbonyl (C=O) groups is 1. The Morgan fingerprint density at radius 1 is 1.79 bits per heavy atom. The molecule has 0 radical (unpaired) electrons. The van der Waals surface area contributed by atoms with Crippen molar-refractivity contribution >= 4 is 5.91 Å². The fourth-order valence-electron chi connectivity index (χ4n) is 1.23. The zero-order valence-electron chi connectivity index (χ0n) is 7.73. The molecule has 1 amide bonds. The fourth-order valence-corrected chi connectivity index (χ4v) is 1.23. The molecule has 1 heterocycles. The van der Waals surface area contributed by atoms with Crippen LogP contribution in [0.2, 0.25) is 0 Å². The molecule has 0 aliphatic heterocycles. The summed E-state index contributed by atoms with van der Waals surface area (Å²) in [5, 5.41) is 6.70. The summed E-state index contributed by atoms with van der Waals surface area (Å²) in [6, 6.07) is 0.504. The average Bonchev–Trinajstić information content (AvgIpc) is 2.93. The van der Waals surface area contributed by atoms with E-state index in [1.165, 1.54) is 0 Å². The van der Waals surface area contributed by atoms with E-state index in [2.05, 4.69) is 16.3 Å². The SMILES string of the molecule is C#CCNC(=O)c1cnn(C2CC2)c1. The predicted octanol–water partition coefficient (Wildman–Crippen LogP) is 0.581. The van der Waals surface area contributed by atoms with E-state index in [0.29, 0.717) is 11.6 Å². The van der Waals surface area contributed by atoms with Crippen molar-refractivity contribution in [3.05, 3.63) is 18.0 Å². The van der Waals surface area contributed by atoms with Gasteiger partial charge < -0.3 is 5.32 Å². The molecule has 1 saturated carbocycles. The van der Waals surface area contributed by atoms with E-state index in [1.54, 1.807) is 12.4 Å². The number of aromatic nitrogens is 2. The van der Waals surface area contributed by atoms with Crippen LogP contribution >= 0.6 is 0 Å². The maximum atomic E-state index is 11.4.